The average Bonchev–Trinajstić information content (AvgIpc) is 3.70. The number of rotatable bonds is 63. The average molecular weight is 1180 g/mol. The van der Waals surface area contributed by atoms with Gasteiger partial charge in [0.15, 0.2) is 6.29 Å². The van der Waals surface area contributed by atoms with Crippen molar-refractivity contribution < 1.29 is 39.8 Å². The van der Waals surface area contributed by atoms with Gasteiger partial charge in [0.25, 0.3) is 0 Å². The lowest BCUT2D eigenvalue weighted by molar-refractivity contribution is -0.302. The predicted molar refractivity (Wildman–Crippen MR) is 359 cm³/mol. The molecule has 9 nitrogen and oxygen atoms in total. The van der Waals surface area contributed by atoms with Crippen LogP contribution in [0.5, 0.6) is 0 Å². The zero-order valence-electron chi connectivity index (χ0n) is 54.9. The Balaban J connectivity index is 2.11. The molecule has 7 atom stereocenters. The molecule has 84 heavy (non-hydrogen) atoms. The first kappa shape index (κ1) is 79.6. The molecule has 7 unspecified atom stereocenters. The molecule has 1 saturated heterocycles. The van der Waals surface area contributed by atoms with Crippen molar-refractivity contribution in [2.45, 2.75) is 384 Å². The fourth-order valence-corrected chi connectivity index (χ4v) is 11.4. The summed E-state index contributed by atoms with van der Waals surface area (Å²) in [7, 11) is 0. The van der Waals surface area contributed by atoms with Gasteiger partial charge in [-0.1, -0.05) is 344 Å². The third-order valence-electron chi connectivity index (χ3n) is 17.0. The molecule has 6 N–H and O–H groups in total. The molecule has 1 amide bonds. The van der Waals surface area contributed by atoms with E-state index in [1.54, 1.807) is 6.08 Å². The smallest absolute Gasteiger partial charge is 0.220 e. The van der Waals surface area contributed by atoms with Gasteiger partial charge in [-0.25, -0.2) is 0 Å². The molecule has 0 spiro atoms. The molecule has 1 heterocycles. The first-order valence-corrected chi connectivity index (χ1v) is 36.2. The van der Waals surface area contributed by atoms with Crippen LogP contribution < -0.4 is 5.32 Å². The zero-order valence-corrected chi connectivity index (χ0v) is 54.9. The van der Waals surface area contributed by atoms with Crippen LogP contribution in [0.25, 0.3) is 0 Å². The van der Waals surface area contributed by atoms with E-state index in [-0.39, 0.29) is 12.5 Å². The number of carbonyl (C=O) groups is 1. The number of aliphatic hydroxyl groups is 5. The summed E-state index contributed by atoms with van der Waals surface area (Å²) in [5.41, 5.74) is 0. The van der Waals surface area contributed by atoms with E-state index in [0.717, 1.165) is 70.6 Å². The van der Waals surface area contributed by atoms with Crippen LogP contribution in [0.3, 0.4) is 0 Å². The van der Waals surface area contributed by atoms with Crippen LogP contribution in [-0.2, 0) is 14.3 Å². The van der Waals surface area contributed by atoms with Crippen molar-refractivity contribution in [3.8, 4) is 0 Å². The molecule has 0 bridgehead atoms. The zero-order chi connectivity index (χ0) is 60.7. The van der Waals surface area contributed by atoms with E-state index in [9.17, 15) is 30.3 Å². The van der Waals surface area contributed by atoms with Crippen LogP contribution in [0.15, 0.2) is 72.9 Å². The van der Waals surface area contributed by atoms with E-state index in [1.165, 1.54) is 250 Å². The summed E-state index contributed by atoms with van der Waals surface area (Å²) < 4.78 is 11.3. The van der Waals surface area contributed by atoms with Gasteiger partial charge in [-0.05, 0) is 64.2 Å². The summed E-state index contributed by atoms with van der Waals surface area (Å²) in [6.45, 7) is 3.71. The Morgan fingerprint density at radius 3 is 1.10 bits per heavy atom. The van der Waals surface area contributed by atoms with Crippen molar-refractivity contribution in [2.24, 2.45) is 0 Å². The second-order valence-corrected chi connectivity index (χ2v) is 25.0. The van der Waals surface area contributed by atoms with Gasteiger partial charge in [-0.3, -0.25) is 4.79 Å². The second-order valence-electron chi connectivity index (χ2n) is 25.0. The summed E-state index contributed by atoms with van der Waals surface area (Å²) in [4.78, 5) is 13.1. The molecule has 0 aromatic rings. The van der Waals surface area contributed by atoms with Crippen LogP contribution in [0.2, 0.25) is 0 Å². The first-order chi connectivity index (χ1) is 41.3. The van der Waals surface area contributed by atoms with Gasteiger partial charge in [0.2, 0.25) is 5.91 Å². The number of allylic oxidation sites excluding steroid dienone is 11. The van der Waals surface area contributed by atoms with Gasteiger partial charge in [-0.2, -0.15) is 0 Å². The molecule has 1 rings (SSSR count). The Labute approximate surface area is 519 Å². The third-order valence-corrected chi connectivity index (χ3v) is 17.0. The highest BCUT2D eigenvalue weighted by Gasteiger charge is 2.44. The van der Waals surface area contributed by atoms with Gasteiger partial charge in [0.05, 0.1) is 25.4 Å². The topological polar surface area (TPSA) is 149 Å². The van der Waals surface area contributed by atoms with E-state index < -0.39 is 49.5 Å². The molecule has 490 valence electrons. The van der Waals surface area contributed by atoms with Gasteiger partial charge in [0, 0.05) is 6.42 Å². The molecule has 0 saturated carbocycles. The molecule has 0 radical (unpaired) electrons. The van der Waals surface area contributed by atoms with Crippen LogP contribution in [0.1, 0.15) is 341 Å². The molecule has 0 aromatic heterocycles. The maximum absolute atomic E-state index is 13.1. The standard InChI is InChI=1S/C75H137NO8/c1-3-5-7-9-11-13-15-17-19-21-23-25-27-29-31-32-33-34-35-36-37-38-39-41-43-45-47-49-51-53-55-57-59-61-63-65-71(79)76-68(67-83-75-74(82)73(81)72(80)70(66-77)84-75)69(78)64-62-60-58-56-54-52-50-48-46-44-42-40-30-28-26-24-22-20-18-16-14-12-10-8-6-4-2/h5,7,11,13,17,19,23,25,29,31,62,64,68-70,72-75,77-78,80-82H,3-4,6,8-10,12,14-16,18,20-22,24,26-28,30,32-61,63,65-67H2,1-2H3,(H,76,79)/b7-5-,13-11-,19-17-,25-23-,31-29-,64-62+. The van der Waals surface area contributed by atoms with Crippen LogP contribution in [-0.4, -0.2) is 87.5 Å². The van der Waals surface area contributed by atoms with Gasteiger partial charge in [0.1, 0.15) is 24.4 Å². The molecular formula is C75H137NO8. The summed E-state index contributed by atoms with van der Waals surface area (Å²) >= 11 is 0. The molecule has 1 aliphatic heterocycles. The van der Waals surface area contributed by atoms with Crippen molar-refractivity contribution >= 4 is 5.91 Å². The van der Waals surface area contributed by atoms with E-state index >= 15 is 0 Å². The number of amides is 1. The van der Waals surface area contributed by atoms with E-state index in [0.29, 0.717) is 6.42 Å². The minimum Gasteiger partial charge on any atom is -0.394 e. The molecule has 1 fully saturated rings. The monoisotopic (exact) mass is 1180 g/mol. The number of carbonyl (C=O) groups excluding carboxylic acids is 1. The van der Waals surface area contributed by atoms with E-state index in [2.05, 4.69) is 79.9 Å². The second kappa shape index (κ2) is 63.6. The normalized spacial score (nSPS) is 18.6. The van der Waals surface area contributed by atoms with Crippen LogP contribution >= 0.6 is 0 Å². The third kappa shape index (κ3) is 51.7. The van der Waals surface area contributed by atoms with Crippen molar-refractivity contribution in [3.05, 3.63) is 72.9 Å². The van der Waals surface area contributed by atoms with E-state index in [1.807, 2.05) is 6.08 Å². The lowest BCUT2D eigenvalue weighted by atomic mass is 9.99. The predicted octanol–water partition coefficient (Wildman–Crippen LogP) is 19.9. The Morgan fingerprint density at radius 1 is 0.417 bits per heavy atom. The largest absolute Gasteiger partial charge is 0.394 e. The number of ether oxygens (including phenoxy) is 2. The summed E-state index contributed by atoms with van der Waals surface area (Å²) in [5.74, 6) is -0.172. The Morgan fingerprint density at radius 2 is 0.738 bits per heavy atom. The number of hydrogen-bond acceptors (Lipinski definition) is 8. The van der Waals surface area contributed by atoms with Gasteiger partial charge in [-0.15, -0.1) is 0 Å². The number of aliphatic hydroxyl groups excluding tert-OH is 5. The van der Waals surface area contributed by atoms with Crippen LogP contribution in [0, 0.1) is 0 Å². The van der Waals surface area contributed by atoms with Gasteiger partial charge < -0.3 is 40.3 Å². The maximum atomic E-state index is 13.1. The molecular weight excluding hydrogens is 1040 g/mol. The van der Waals surface area contributed by atoms with E-state index in [4.69, 9.17) is 9.47 Å². The summed E-state index contributed by atoms with van der Waals surface area (Å²) in [6.07, 6.45) is 83.0. The number of unbranched alkanes of at least 4 members (excludes halogenated alkanes) is 43. The van der Waals surface area contributed by atoms with Crippen molar-refractivity contribution in [1.29, 1.82) is 0 Å². The highest BCUT2D eigenvalue weighted by molar-refractivity contribution is 5.76. The number of hydrogen-bond donors (Lipinski definition) is 6. The quantitative estimate of drug-likeness (QED) is 0.0261. The Bertz CT molecular complexity index is 1560. The van der Waals surface area contributed by atoms with Crippen molar-refractivity contribution in [3.63, 3.8) is 0 Å². The lowest BCUT2D eigenvalue weighted by Crippen LogP contribution is -2.60. The highest BCUT2D eigenvalue weighted by atomic mass is 16.7. The summed E-state index contributed by atoms with van der Waals surface area (Å²) in [6, 6.07) is -0.808. The Kier molecular flexibility index (Phi) is 60.3. The molecule has 1 aliphatic rings. The summed E-state index contributed by atoms with van der Waals surface area (Å²) in [5, 5.41) is 54.8. The fraction of sp³-hybridized carbons (Fsp3) is 0.827. The SMILES string of the molecule is CC/C=C\C/C=C\C/C=C\C/C=C\C/C=C\CCCCCCCCCCCCCCCCCCCCCC(=O)NC(COC1OC(CO)C(O)C(O)C1O)C(O)/C=C/CCCCCCCCCCCCCCCCCCCCCCCCCC. The fourth-order valence-electron chi connectivity index (χ4n) is 11.4. The molecule has 0 aliphatic carbocycles. The van der Waals surface area contributed by atoms with Crippen LogP contribution in [0.4, 0.5) is 0 Å². The minimum absolute atomic E-state index is 0.172. The molecule has 9 heteroatoms. The number of nitrogens with one attached hydrogen (secondary N) is 1. The Hall–Kier alpha value is -2.37. The van der Waals surface area contributed by atoms with Crippen molar-refractivity contribution in [2.75, 3.05) is 13.2 Å². The van der Waals surface area contributed by atoms with Gasteiger partial charge >= 0.3 is 0 Å². The minimum atomic E-state index is -1.57. The highest BCUT2D eigenvalue weighted by Crippen LogP contribution is 2.23. The molecule has 0 aromatic carbocycles. The lowest BCUT2D eigenvalue weighted by Gasteiger charge is -2.40. The first-order valence-electron chi connectivity index (χ1n) is 36.2. The maximum Gasteiger partial charge on any atom is 0.220 e. The van der Waals surface area contributed by atoms with Crippen molar-refractivity contribution in [1.82, 2.24) is 5.32 Å².